The van der Waals surface area contributed by atoms with Crippen LogP contribution in [0, 0.1) is 22.3 Å². The van der Waals surface area contributed by atoms with E-state index in [9.17, 15) is 0 Å². The summed E-state index contributed by atoms with van der Waals surface area (Å²) in [6.45, 7) is 39.9. The van der Waals surface area contributed by atoms with Gasteiger partial charge in [-0.25, -0.2) is 0 Å². The summed E-state index contributed by atoms with van der Waals surface area (Å²) in [6.07, 6.45) is 4.67. The smallest absolute Gasteiger partial charge is 0.145 e. The third-order valence-corrected chi connectivity index (χ3v) is 6.46. The Morgan fingerprint density at radius 2 is 0.300 bits per heavy atom. The Kier molecular flexibility index (Phi) is 244. The number of aryl methyl sites for hydroxylation is 3. The maximum Gasteiger partial charge on any atom is 0.145 e. The quantitative estimate of drug-likeness (QED) is 0.106. The van der Waals surface area contributed by atoms with Crippen molar-refractivity contribution in [2.75, 3.05) is 63.0 Å². The SMILES string of the molecule is CC.CC.CC.CC.CC.CC.CC.CCC.CCc1ccccc1.CCc1ccccc1.CCc1ccccc1.COCOC.COCOC.COCOC.[CH3-].[CH3-].[CH3-].[Re].[Re].[Re].c1ccccc1.c1ccccc1.c1ccccc1. The zero-order valence-electron chi connectivity index (χ0n) is 57.1. The van der Waals surface area contributed by atoms with Gasteiger partial charge in [-0.05, 0) is 36.0 Å². The second-order valence-corrected chi connectivity index (χ2v) is 11.8. The summed E-state index contributed by atoms with van der Waals surface area (Å²) < 4.78 is 26.8. The van der Waals surface area contributed by atoms with E-state index in [1.807, 2.05) is 224 Å². The second kappa shape index (κ2) is 158. The standard InChI is InChI=1S/3C8H10.3C6H6.3C3H8O2.C3H8.7C2H6.3CH3.3Re/c3*1-2-8-6-4-3-5-7-8;3*1-2-4-6-5-3-1;3*1-4-3-5-2;1-3-2;7*1-2;;;;;;/h3*3-7H,2H2,1H3;3*1-6H;3*3H2,1-2H3;3H2,1-2H3;7*1-2H3;3*1H3;;;/q;;;;;;;;;;;;;;;;;3*-1;;;. The van der Waals surface area contributed by atoms with E-state index in [1.54, 1.807) is 42.7 Å². The molecule has 0 spiro atoms. The molecule has 9 heteroatoms. The Labute approximate surface area is 545 Å². The van der Waals surface area contributed by atoms with Crippen molar-refractivity contribution in [2.45, 2.75) is 157 Å². The fourth-order valence-electron chi connectivity index (χ4n) is 3.65. The van der Waals surface area contributed by atoms with Crippen molar-refractivity contribution in [2.24, 2.45) is 0 Å². The first-order valence-electron chi connectivity index (χ1n) is 27.5. The van der Waals surface area contributed by atoms with E-state index in [0.29, 0.717) is 20.4 Å². The van der Waals surface area contributed by atoms with E-state index in [-0.39, 0.29) is 83.5 Å². The van der Waals surface area contributed by atoms with Gasteiger partial charge in [0, 0.05) is 104 Å². The maximum atomic E-state index is 4.47. The fraction of sp³-hybridized carbons (Fsp3) is 0.451. The van der Waals surface area contributed by atoms with Crippen LogP contribution in [0.5, 0.6) is 0 Å². The Balaban J connectivity index is -0.0000000358. The van der Waals surface area contributed by atoms with Crippen molar-refractivity contribution >= 4 is 0 Å². The molecule has 0 aliphatic carbocycles. The third kappa shape index (κ3) is 158. The van der Waals surface area contributed by atoms with E-state index in [1.165, 1.54) is 23.1 Å². The zero-order chi connectivity index (χ0) is 59.3. The molecule has 6 nitrogen and oxygen atoms in total. The molecule has 6 rings (SSSR count). The molecule has 0 atom stereocenters. The third-order valence-electron chi connectivity index (χ3n) is 6.46. The van der Waals surface area contributed by atoms with Gasteiger partial charge in [0.15, 0.2) is 0 Å². The minimum Gasteiger partial charge on any atom is -0.359 e. The van der Waals surface area contributed by atoms with Crippen LogP contribution >= 0.6 is 0 Å². The van der Waals surface area contributed by atoms with Crippen LogP contribution in [0.25, 0.3) is 0 Å². The van der Waals surface area contributed by atoms with E-state index < -0.39 is 0 Å². The molecular formula is C71H131O6Re3-3. The van der Waals surface area contributed by atoms with E-state index in [0.717, 1.165) is 19.3 Å². The molecule has 0 aliphatic heterocycles. The summed E-state index contributed by atoms with van der Waals surface area (Å²) in [4.78, 5) is 0. The van der Waals surface area contributed by atoms with Crippen molar-refractivity contribution in [3.8, 4) is 0 Å². The van der Waals surface area contributed by atoms with Crippen LogP contribution in [0.1, 0.15) is 155 Å². The van der Waals surface area contributed by atoms with Gasteiger partial charge in [0.1, 0.15) is 20.4 Å². The predicted molar refractivity (Wildman–Crippen MR) is 358 cm³/mol. The first-order chi connectivity index (χ1) is 36.5. The summed E-state index contributed by atoms with van der Waals surface area (Å²) in [6, 6.07) is 67.4. The molecule has 3 radical (unpaired) electrons. The van der Waals surface area contributed by atoms with Gasteiger partial charge in [-0.2, -0.15) is 0 Å². The normalized spacial score (nSPS) is 6.86. The van der Waals surface area contributed by atoms with Gasteiger partial charge in [0.05, 0.1) is 0 Å². The second-order valence-electron chi connectivity index (χ2n) is 11.8. The molecule has 80 heavy (non-hydrogen) atoms. The minimum absolute atomic E-state index is 0. The van der Waals surface area contributed by atoms with Gasteiger partial charge in [-0.3, -0.25) is 0 Å². The summed E-state index contributed by atoms with van der Waals surface area (Å²) in [5, 5.41) is 0. The molecule has 6 aromatic carbocycles. The molecular weight excluding hydrogens is 1510 g/mol. The van der Waals surface area contributed by atoms with Crippen LogP contribution < -0.4 is 0 Å². The van der Waals surface area contributed by atoms with Crippen molar-refractivity contribution < 1.29 is 89.7 Å². The Morgan fingerprint density at radius 1 is 0.212 bits per heavy atom. The topological polar surface area (TPSA) is 55.4 Å². The first-order valence-corrected chi connectivity index (χ1v) is 27.5. The van der Waals surface area contributed by atoms with Crippen LogP contribution in [-0.2, 0) is 109 Å². The van der Waals surface area contributed by atoms with E-state index in [4.69, 9.17) is 0 Å². The molecule has 0 aromatic heterocycles. The molecule has 0 amide bonds. The molecule has 0 fully saturated rings. The molecule has 475 valence electrons. The number of ether oxygens (including phenoxy) is 6. The molecule has 0 saturated carbocycles. The molecule has 0 saturated heterocycles. The summed E-state index contributed by atoms with van der Waals surface area (Å²) >= 11 is 0. The van der Waals surface area contributed by atoms with Crippen LogP contribution in [0.4, 0.5) is 0 Å². The van der Waals surface area contributed by atoms with Crippen molar-refractivity contribution in [1.82, 2.24) is 0 Å². The predicted octanol–water partition coefficient (Wildman–Crippen LogP) is 22.5. The summed E-state index contributed by atoms with van der Waals surface area (Å²) in [7, 11) is 9.52. The number of hydrogen-bond donors (Lipinski definition) is 0. The van der Waals surface area contributed by atoms with Gasteiger partial charge in [0.2, 0.25) is 0 Å². The molecule has 0 heterocycles. The van der Waals surface area contributed by atoms with E-state index >= 15 is 0 Å². The first kappa shape index (κ1) is 124. The van der Waals surface area contributed by atoms with Crippen molar-refractivity contribution in [1.29, 1.82) is 0 Å². The van der Waals surface area contributed by atoms with Gasteiger partial charge < -0.3 is 50.7 Å². The van der Waals surface area contributed by atoms with Crippen LogP contribution in [0.3, 0.4) is 0 Å². The van der Waals surface area contributed by atoms with Gasteiger partial charge in [0.25, 0.3) is 0 Å². The van der Waals surface area contributed by atoms with Gasteiger partial charge in [-0.15, -0.1) is 0 Å². The molecule has 0 N–H and O–H groups in total. The van der Waals surface area contributed by atoms with Crippen molar-refractivity contribution in [3.05, 3.63) is 239 Å². The maximum absolute atomic E-state index is 4.47. The molecule has 0 unspecified atom stereocenters. The molecule has 6 aromatic rings. The van der Waals surface area contributed by atoms with E-state index in [2.05, 4.69) is 136 Å². The number of hydrogen-bond acceptors (Lipinski definition) is 6. The number of rotatable bonds is 9. The summed E-state index contributed by atoms with van der Waals surface area (Å²) in [5.41, 5.74) is 4.23. The van der Waals surface area contributed by atoms with Crippen LogP contribution in [0.15, 0.2) is 200 Å². The van der Waals surface area contributed by atoms with Gasteiger partial charge >= 0.3 is 0 Å². The average molecular weight is 1640 g/mol. The Morgan fingerprint density at radius 3 is 0.350 bits per heavy atom. The summed E-state index contributed by atoms with van der Waals surface area (Å²) in [5.74, 6) is 0. The fourth-order valence-corrected chi connectivity index (χ4v) is 3.65. The zero-order valence-corrected chi connectivity index (χ0v) is 65.2. The Hall–Kier alpha value is -2.93. The van der Waals surface area contributed by atoms with Crippen molar-refractivity contribution in [3.63, 3.8) is 0 Å². The monoisotopic (exact) mass is 1640 g/mol. The van der Waals surface area contributed by atoms with Crippen LogP contribution in [0.2, 0.25) is 0 Å². The minimum atomic E-state index is 0. The van der Waals surface area contributed by atoms with Crippen LogP contribution in [-0.4, -0.2) is 63.0 Å². The number of methoxy groups -OCH3 is 6. The Bertz CT molecular complexity index is 1210. The average Bonchev–Trinajstić information content (AvgIpc) is 3.52. The molecule has 0 aliphatic rings. The number of benzene rings is 6. The largest absolute Gasteiger partial charge is 0.359 e. The molecule has 0 bridgehead atoms. The van der Waals surface area contributed by atoms with Gasteiger partial charge in [-0.1, -0.05) is 338 Å².